The second-order valence-electron chi connectivity index (χ2n) is 4.37. The lowest BCUT2D eigenvalue weighted by Gasteiger charge is -2.22. The largest absolute Gasteiger partial charge is 0.378 e. The topological polar surface area (TPSA) is 51.2 Å². The first-order valence-electron chi connectivity index (χ1n) is 6.27. The predicted octanol–water partition coefficient (Wildman–Crippen LogP) is 1.91. The quantitative estimate of drug-likeness (QED) is 0.833. The summed E-state index contributed by atoms with van der Waals surface area (Å²) < 4.78 is 18.8. The molecule has 0 bridgehead atoms. The smallest absolute Gasteiger partial charge is 0.255 e. The van der Waals surface area contributed by atoms with Gasteiger partial charge < -0.3 is 10.1 Å². The van der Waals surface area contributed by atoms with Crippen LogP contribution in [0.2, 0.25) is 0 Å². The molecule has 0 saturated carbocycles. The molecule has 1 atom stereocenters. The van der Waals surface area contributed by atoms with Gasteiger partial charge in [-0.15, -0.1) is 0 Å². The molecule has 1 saturated heterocycles. The average Bonchev–Trinajstić information content (AvgIpc) is 2.40. The Hall–Kier alpha value is -1.49. The van der Waals surface area contributed by atoms with E-state index in [0.717, 1.165) is 25.9 Å². The minimum absolute atomic E-state index is 0.0120. The van der Waals surface area contributed by atoms with Crippen LogP contribution in [0.25, 0.3) is 0 Å². The summed E-state index contributed by atoms with van der Waals surface area (Å²) in [7, 11) is 0. The van der Waals surface area contributed by atoms with Gasteiger partial charge in [-0.25, -0.2) is 4.98 Å². The summed E-state index contributed by atoms with van der Waals surface area (Å²) >= 11 is 0. The van der Waals surface area contributed by atoms with E-state index in [9.17, 15) is 9.18 Å². The summed E-state index contributed by atoms with van der Waals surface area (Å²) in [5.41, 5.74) is -0.0120. The number of rotatable bonds is 4. The van der Waals surface area contributed by atoms with Gasteiger partial charge in [-0.1, -0.05) is 0 Å². The molecular formula is C13H17FN2O2. The molecule has 5 heteroatoms. The fourth-order valence-corrected chi connectivity index (χ4v) is 2.03. The van der Waals surface area contributed by atoms with Crippen molar-refractivity contribution in [2.24, 2.45) is 0 Å². The van der Waals surface area contributed by atoms with Crippen LogP contribution in [0.15, 0.2) is 18.3 Å². The van der Waals surface area contributed by atoms with E-state index in [1.54, 1.807) is 6.07 Å². The molecule has 2 heterocycles. The summed E-state index contributed by atoms with van der Waals surface area (Å²) in [6, 6.07) is 2.97. The number of hydrogen-bond acceptors (Lipinski definition) is 3. The third-order valence-corrected chi connectivity index (χ3v) is 3.03. The van der Waals surface area contributed by atoms with Crippen molar-refractivity contribution in [1.82, 2.24) is 10.3 Å². The van der Waals surface area contributed by atoms with E-state index in [1.165, 1.54) is 18.7 Å². The molecule has 0 radical (unpaired) electrons. The molecule has 1 aromatic rings. The van der Waals surface area contributed by atoms with Crippen molar-refractivity contribution in [3.63, 3.8) is 0 Å². The van der Waals surface area contributed by atoms with E-state index in [1.807, 2.05) is 0 Å². The summed E-state index contributed by atoms with van der Waals surface area (Å²) in [4.78, 5) is 15.1. The number of hydrogen-bond donors (Lipinski definition) is 1. The van der Waals surface area contributed by atoms with Gasteiger partial charge in [-0.3, -0.25) is 4.79 Å². The number of ether oxygens (including phenoxy) is 1. The van der Waals surface area contributed by atoms with Crippen molar-refractivity contribution in [2.75, 3.05) is 13.2 Å². The molecule has 4 nitrogen and oxygen atoms in total. The van der Waals surface area contributed by atoms with E-state index in [-0.39, 0.29) is 11.7 Å². The van der Waals surface area contributed by atoms with Gasteiger partial charge >= 0.3 is 0 Å². The zero-order valence-corrected chi connectivity index (χ0v) is 10.2. The first kappa shape index (κ1) is 13.0. The standard InChI is InChI=1S/C13H17FN2O2/c14-12-11(5-3-7-15-12)13(17)16-8-6-10-4-1-2-9-18-10/h3,5,7,10H,1-2,4,6,8-9H2,(H,16,17). The molecule has 0 aliphatic carbocycles. The number of nitrogens with one attached hydrogen (secondary N) is 1. The highest BCUT2D eigenvalue weighted by atomic mass is 19.1. The maximum atomic E-state index is 13.2. The van der Waals surface area contributed by atoms with Crippen LogP contribution in [0.1, 0.15) is 36.0 Å². The Morgan fingerprint density at radius 3 is 3.17 bits per heavy atom. The normalized spacial score (nSPS) is 19.5. The second-order valence-corrected chi connectivity index (χ2v) is 4.37. The SMILES string of the molecule is O=C(NCCC1CCCCO1)c1cccnc1F. The second kappa shape index (κ2) is 6.44. The lowest BCUT2D eigenvalue weighted by molar-refractivity contribution is 0.0117. The maximum absolute atomic E-state index is 13.2. The van der Waals surface area contributed by atoms with Crippen LogP contribution >= 0.6 is 0 Å². The van der Waals surface area contributed by atoms with Crippen molar-refractivity contribution in [3.05, 3.63) is 29.8 Å². The molecule has 1 N–H and O–H groups in total. The average molecular weight is 252 g/mol. The van der Waals surface area contributed by atoms with Crippen molar-refractivity contribution in [2.45, 2.75) is 31.8 Å². The van der Waals surface area contributed by atoms with Crippen molar-refractivity contribution >= 4 is 5.91 Å². The van der Waals surface area contributed by atoms with Crippen LogP contribution in [-0.4, -0.2) is 30.1 Å². The molecule has 1 amide bonds. The Labute approximate surface area is 106 Å². The summed E-state index contributed by atoms with van der Waals surface area (Å²) in [5.74, 6) is -1.15. The highest BCUT2D eigenvalue weighted by Crippen LogP contribution is 2.14. The first-order chi connectivity index (χ1) is 8.77. The Kier molecular flexibility index (Phi) is 4.64. The van der Waals surface area contributed by atoms with Gasteiger partial charge in [0.1, 0.15) is 0 Å². The highest BCUT2D eigenvalue weighted by molar-refractivity contribution is 5.94. The zero-order valence-electron chi connectivity index (χ0n) is 10.2. The molecule has 1 aliphatic heterocycles. The number of aromatic nitrogens is 1. The molecule has 1 aromatic heterocycles. The molecule has 18 heavy (non-hydrogen) atoms. The molecular weight excluding hydrogens is 235 g/mol. The number of carbonyl (C=O) groups excluding carboxylic acids is 1. The third-order valence-electron chi connectivity index (χ3n) is 3.03. The van der Waals surface area contributed by atoms with E-state index in [4.69, 9.17) is 4.74 Å². The van der Waals surface area contributed by atoms with Crippen LogP contribution < -0.4 is 5.32 Å². The van der Waals surface area contributed by atoms with Crippen molar-refractivity contribution < 1.29 is 13.9 Å². The number of halogens is 1. The van der Waals surface area contributed by atoms with E-state index < -0.39 is 11.9 Å². The first-order valence-corrected chi connectivity index (χ1v) is 6.27. The predicted molar refractivity (Wildman–Crippen MR) is 64.7 cm³/mol. The molecule has 1 fully saturated rings. The summed E-state index contributed by atoms with van der Waals surface area (Å²) in [6.45, 7) is 1.30. The Morgan fingerprint density at radius 1 is 1.56 bits per heavy atom. The Morgan fingerprint density at radius 2 is 2.44 bits per heavy atom. The van der Waals surface area contributed by atoms with E-state index >= 15 is 0 Å². The minimum atomic E-state index is -0.732. The Balaban J connectivity index is 1.76. The van der Waals surface area contributed by atoms with Gasteiger partial charge in [0.05, 0.1) is 11.7 Å². The molecule has 98 valence electrons. The molecule has 2 rings (SSSR count). The molecule has 1 aliphatic rings. The van der Waals surface area contributed by atoms with Crippen LogP contribution in [0.4, 0.5) is 4.39 Å². The van der Waals surface area contributed by atoms with Gasteiger partial charge in [0.2, 0.25) is 5.95 Å². The molecule has 1 unspecified atom stereocenters. The lowest BCUT2D eigenvalue weighted by Crippen LogP contribution is -2.30. The van der Waals surface area contributed by atoms with E-state index in [2.05, 4.69) is 10.3 Å². The van der Waals surface area contributed by atoms with Crippen LogP contribution in [0.5, 0.6) is 0 Å². The fourth-order valence-electron chi connectivity index (χ4n) is 2.03. The van der Waals surface area contributed by atoms with Crippen molar-refractivity contribution in [3.8, 4) is 0 Å². The van der Waals surface area contributed by atoms with E-state index in [0.29, 0.717) is 6.54 Å². The van der Waals surface area contributed by atoms with Gasteiger partial charge in [0, 0.05) is 19.3 Å². The number of pyridine rings is 1. The third kappa shape index (κ3) is 3.50. The molecule has 0 spiro atoms. The number of carbonyl (C=O) groups is 1. The van der Waals surface area contributed by atoms with Crippen molar-refractivity contribution in [1.29, 1.82) is 0 Å². The van der Waals surface area contributed by atoms with Gasteiger partial charge in [0.15, 0.2) is 0 Å². The Bertz CT molecular complexity index is 406. The van der Waals surface area contributed by atoms with Crippen LogP contribution in [0.3, 0.4) is 0 Å². The number of amides is 1. The fraction of sp³-hybridized carbons (Fsp3) is 0.538. The van der Waals surface area contributed by atoms with Gasteiger partial charge in [-0.05, 0) is 37.8 Å². The van der Waals surface area contributed by atoms with Crippen LogP contribution in [-0.2, 0) is 4.74 Å². The lowest BCUT2D eigenvalue weighted by atomic mass is 10.1. The summed E-state index contributed by atoms with van der Waals surface area (Å²) in [6.07, 6.45) is 5.64. The molecule has 0 aromatic carbocycles. The minimum Gasteiger partial charge on any atom is -0.378 e. The van der Waals surface area contributed by atoms with Gasteiger partial charge in [-0.2, -0.15) is 4.39 Å². The summed E-state index contributed by atoms with van der Waals surface area (Å²) in [5, 5.41) is 2.69. The monoisotopic (exact) mass is 252 g/mol. The van der Waals surface area contributed by atoms with Gasteiger partial charge in [0.25, 0.3) is 5.91 Å². The number of nitrogens with zero attached hydrogens (tertiary/aromatic N) is 1. The van der Waals surface area contributed by atoms with Crippen LogP contribution in [0, 0.1) is 5.95 Å². The highest BCUT2D eigenvalue weighted by Gasteiger charge is 2.15. The maximum Gasteiger partial charge on any atom is 0.255 e. The zero-order chi connectivity index (χ0) is 12.8.